The number of carbonyl (C=O) groups excluding carboxylic acids is 1. The van der Waals surface area contributed by atoms with Crippen molar-refractivity contribution in [3.8, 4) is 0 Å². The molecular weight excluding hydrogens is 236 g/mol. The number of amides is 1. The molecule has 2 aliphatic heterocycles. The van der Waals surface area contributed by atoms with Gasteiger partial charge in [-0.3, -0.25) is 0 Å². The maximum absolute atomic E-state index is 11.6. The van der Waals surface area contributed by atoms with Crippen molar-refractivity contribution < 1.29 is 19.4 Å². The number of likely N-dealkylation sites (tertiary alicyclic amines) is 1. The van der Waals surface area contributed by atoms with Gasteiger partial charge in [-0.1, -0.05) is 0 Å². The van der Waals surface area contributed by atoms with Crippen LogP contribution in [0.3, 0.4) is 0 Å². The zero-order chi connectivity index (χ0) is 13.3. The van der Waals surface area contributed by atoms with Gasteiger partial charge in [0.25, 0.3) is 0 Å². The van der Waals surface area contributed by atoms with Gasteiger partial charge in [0, 0.05) is 25.2 Å². The van der Waals surface area contributed by atoms with Gasteiger partial charge in [-0.2, -0.15) is 0 Å². The van der Waals surface area contributed by atoms with Crippen LogP contribution < -0.4 is 0 Å². The molecule has 2 heterocycles. The minimum Gasteiger partial charge on any atom is -0.478 e. The monoisotopic (exact) mass is 256 g/mol. The fourth-order valence-electron chi connectivity index (χ4n) is 2.62. The largest absolute Gasteiger partial charge is 0.478 e. The molecule has 6 heteroatoms. The van der Waals surface area contributed by atoms with Crippen molar-refractivity contribution in [3.05, 3.63) is 0 Å². The molecule has 2 aliphatic rings. The lowest BCUT2D eigenvalue weighted by molar-refractivity contribution is -0.144. The third kappa shape index (κ3) is 2.58. The first kappa shape index (κ1) is 13.1. The number of carboxylic acid groups (broad SMARTS) is 1. The summed E-state index contributed by atoms with van der Waals surface area (Å²) in [5.74, 6) is -1.06. The minimum atomic E-state index is -1.06. The van der Waals surface area contributed by atoms with Gasteiger partial charge in [0.1, 0.15) is 0 Å². The highest BCUT2D eigenvalue weighted by Crippen LogP contribution is 2.23. The molecule has 0 aromatic carbocycles. The number of carbonyl (C=O) groups is 2. The molecule has 2 saturated heterocycles. The number of aliphatic carboxylic acids is 1. The number of hydrogen-bond acceptors (Lipinski definition) is 4. The van der Waals surface area contributed by atoms with E-state index in [9.17, 15) is 9.59 Å². The van der Waals surface area contributed by atoms with Gasteiger partial charge in [-0.15, -0.1) is 0 Å². The van der Waals surface area contributed by atoms with E-state index < -0.39 is 18.2 Å². The summed E-state index contributed by atoms with van der Waals surface area (Å²) in [6.07, 6.45) is 0.296. The van der Waals surface area contributed by atoms with E-state index in [1.165, 1.54) is 0 Å². The van der Waals surface area contributed by atoms with Crippen LogP contribution in [0.15, 0.2) is 0 Å². The van der Waals surface area contributed by atoms with Crippen molar-refractivity contribution in [2.45, 2.75) is 44.9 Å². The van der Waals surface area contributed by atoms with E-state index in [2.05, 4.69) is 18.7 Å². The zero-order valence-electron chi connectivity index (χ0n) is 10.8. The molecule has 6 nitrogen and oxygen atoms in total. The Bertz CT molecular complexity index is 337. The molecule has 0 aromatic rings. The van der Waals surface area contributed by atoms with Gasteiger partial charge in [0.2, 0.25) is 6.10 Å². The summed E-state index contributed by atoms with van der Waals surface area (Å²) in [6.45, 7) is 6.39. The van der Waals surface area contributed by atoms with E-state index in [-0.39, 0.29) is 12.6 Å². The van der Waals surface area contributed by atoms with Crippen LogP contribution in [0, 0.1) is 0 Å². The zero-order valence-corrected chi connectivity index (χ0v) is 10.8. The second kappa shape index (κ2) is 5.14. The molecule has 1 amide bonds. The molecule has 18 heavy (non-hydrogen) atoms. The van der Waals surface area contributed by atoms with E-state index in [1.807, 2.05) is 0 Å². The SMILES string of the molecule is CC(C)N1CCC(N2C[C@H](C(=O)O)OC2=O)CC1. The Hall–Kier alpha value is -1.30. The molecule has 0 unspecified atom stereocenters. The molecule has 0 saturated carbocycles. The van der Waals surface area contributed by atoms with E-state index in [4.69, 9.17) is 9.84 Å². The average Bonchev–Trinajstić information content (AvgIpc) is 2.71. The summed E-state index contributed by atoms with van der Waals surface area (Å²) in [4.78, 5) is 26.4. The van der Waals surface area contributed by atoms with E-state index in [1.54, 1.807) is 4.90 Å². The first-order valence-corrected chi connectivity index (χ1v) is 6.43. The molecule has 0 radical (unpaired) electrons. The van der Waals surface area contributed by atoms with Crippen LogP contribution in [0.25, 0.3) is 0 Å². The summed E-state index contributed by atoms with van der Waals surface area (Å²) in [5.41, 5.74) is 0. The predicted octanol–water partition coefficient (Wildman–Crippen LogP) is 0.765. The van der Waals surface area contributed by atoms with Crippen LogP contribution in [0.2, 0.25) is 0 Å². The fraction of sp³-hybridized carbons (Fsp3) is 0.833. The number of hydrogen-bond donors (Lipinski definition) is 1. The normalized spacial score (nSPS) is 26.7. The van der Waals surface area contributed by atoms with Crippen molar-refractivity contribution in [1.82, 2.24) is 9.80 Å². The Morgan fingerprint density at radius 2 is 2.00 bits per heavy atom. The van der Waals surface area contributed by atoms with Crippen molar-refractivity contribution in [2.24, 2.45) is 0 Å². The van der Waals surface area contributed by atoms with Gasteiger partial charge in [-0.05, 0) is 26.7 Å². The first-order valence-electron chi connectivity index (χ1n) is 6.43. The lowest BCUT2D eigenvalue weighted by atomic mass is 10.0. The molecule has 102 valence electrons. The third-order valence-electron chi connectivity index (χ3n) is 3.79. The van der Waals surface area contributed by atoms with Crippen LogP contribution in [-0.2, 0) is 9.53 Å². The minimum absolute atomic E-state index is 0.122. The van der Waals surface area contributed by atoms with Gasteiger partial charge in [0.05, 0.1) is 6.54 Å². The third-order valence-corrected chi connectivity index (χ3v) is 3.79. The quantitative estimate of drug-likeness (QED) is 0.807. The highest BCUT2D eigenvalue weighted by Gasteiger charge is 2.40. The number of piperidine rings is 1. The highest BCUT2D eigenvalue weighted by atomic mass is 16.6. The van der Waals surface area contributed by atoms with Gasteiger partial charge in [0.15, 0.2) is 0 Å². The summed E-state index contributed by atoms with van der Waals surface area (Å²) in [5, 5.41) is 8.85. The van der Waals surface area contributed by atoms with Crippen LogP contribution in [0.5, 0.6) is 0 Å². The van der Waals surface area contributed by atoms with Crippen LogP contribution in [-0.4, -0.2) is 64.8 Å². The number of cyclic esters (lactones) is 1. The standard InChI is InChI=1S/C12H20N2O4/c1-8(2)13-5-3-9(4-6-13)14-7-10(11(15)16)18-12(14)17/h8-10H,3-7H2,1-2H3,(H,15,16)/t10-/m1/s1. The summed E-state index contributed by atoms with van der Waals surface area (Å²) in [6, 6.07) is 0.639. The van der Waals surface area contributed by atoms with Gasteiger partial charge in [-0.25, -0.2) is 9.59 Å². The smallest absolute Gasteiger partial charge is 0.411 e. The van der Waals surface area contributed by atoms with Gasteiger partial charge < -0.3 is 19.6 Å². The van der Waals surface area contributed by atoms with E-state index in [0.717, 1.165) is 25.9 Å². The number of carboxylic acids is 1. The topological polar surface area (TPSA) is 70.1 Å². The maximum Gasteiger partial charge on any atom is 0.411 e. The molecule has 0 aromatic heterocycles. The van der Waals surface area contributed by atoms with Gasteiger partial charge >= 0.3 is 12.1 Å². The lowest BCUT2D eigenvalue weighted by Gasteiger charge is -2.37. The molecule has 2 fully saturated rings. The number of nitrogens with zero attached hydrogens (tertiary/aromatic N) is 2. The predicted molar refractivity (Wildman–Crippen MR) is 64.3 cm³/mol. The molecule has 2 rings (SSSR count). The van der Waals surface area contributed by atoms with Crippen molar-refractivity contribution >= 4 is 12.1 Å². The first-order chi connectivity index (χ1) is 8.49. The van der Waals surface area contributed by atoms with E-state index >= 15 is 0 Å². The lowest BCUT2D eigenvalue weighted by Crippen LogP contribution is -2.47. The summed E-state index contributed by atoms with van der Waals surface area (Å²) < 4.78 is 4.84. The molecule has 0 bridgehead atoms. The molecule has 0 spiro atoms. The van der Waals surface area contributed by atoms with Crippen molar-refractivity contribution in [2.75, 3.05) is 19.6 Å². The van der Waals surface area contributed by atoms with Crippen LogP contribution in [0.4, 0.5) is 4.79 Å². The van der Waals surface area contributed by atoms with Crippen molar-refractivity contribution in [3.63, 3.8) is 0 Å². The Labute approximate surface area is 106 Å². The molecule has 1 atom stereocenters. The van der Waals surface area contributed by atoms with Crippen molar-refractivity contribution in [1.29, 1.82) is 0 Å². The maximum atomic E-state index is 11.6. The average molecular weight is 256 g/mol. The molecular formula is C12H20N2O4. The number of rotatable bonds is 3. The Morgan fingerprint density at radius 3 is 2.44 bits per heavy atom. The number of ether oxygens (including phenoxy) is 1. The molecule has 0 aliphatic carbocycles. The summed E-state index contributed by atoms with van der Waals surface area (Å²) >= 11 is 0. The highest BCUT2D eigenvalue weighted by molar-refractivity contribution is 5.81. The van der Waals surface area contributed by atoms with Crippen LogP contribution >= 0.6 is 0 Å². The fourth-order valence-corrected chi connectivity index (χ4v) is 2.62. The Balaban J connectivity index is 1.90. The molecule has 1 N–H and O–H groups in total. The summed E-state index contributed by atoms with van der Waals surface area (Å²) in [7, 11) is 0. The second-order valence-corrected chi connectivity index (χ2v) is 5.22. The Morgan fingerprint density at radius 1 is 1.39 bits per heavy atom. The van der Waals surface area contributed by atoms with E-state index in [0.29, 0.717) is 6.04 Å². The van der Waals surface area contributed by atoms with Crippen LogP contribution in [0.1, 0.15) is 26.7 Å². The Kier molecular flexibility index (Phi) is 3.75. The second-order valence-electron chi connectivity index (χ2n) is 5.22.